The highest BCUT2D eigenvalue weighted by Gasteiger charge is 2.36. The number of nitrogens with one attached hydrogen (secondary N) is 1. The summed E-state index contributed by atoms with van der Waals surface area (Å²) in [6, 6.07) is 3.13. The second-order valence-electron chi connectivity index (χ2n) is 8.78. The highest BCUT2D eigenvalue weighted by Crippen LogP contribution is 2.29. The Hall–Kier alpha value is -1.82. The van der Waals surface area contributed by atoms with Crippen molar-refractivity contribution in [3.8, 4) is 5.75 Å². The zero-order valence-corrected chi connectivity index (χ0v) is 20.5. The van der Waals surface area contributed by atoms with Gasteiger partial charge >= 0.3 is 6.09 Å². The predicted octanol–water partition coefficient (Wildman–Crippen LogP) is 2.73. The van der Waals surface area contributed by atoms with Crippen molar-refractivity contribution < 1.29 is 23.4 Å². The van der Waals surface area contributed by atoms with Crippen LogP contribution in [0.1, 0.15) is 31.9 Å². The van der Waals surface area contributed by atoms with Crippen molar-refractivity contribution >= 4 is 36.0 Å². The first-order chi connectivity index (χ1) is 14.3. The van der Waals surface area contributed by atoms with Crippen molar-refractivity contribution in [2.45, 2.75) is 45.4 Å². The monoisotopic (exact) mass is 548 g/mol. The van der Waals surface area contributed by atoms with Crippen molar-refractivity contribution in [3.05, 3.63) is 29.1 Å². The van der Waals surface area contributed by atoms with Gasteiger partial charge < -0.3 is 29.3 Å². The number of amides is 1. The van der Waals surface area contributed by atoms with Crippen LogP contribution in [0.25, 0.3) is 0 Å². The van der Waals surface area contributed by atoms with E-state index in [1.54, 1.807) is 4.90 Å². The van der Waals surface area contributed by atoms with Crippen LogP contribution in [0.2, 0.25) is 0 Å². The molecule has 10 heteroatoms. The summed E-state index contributed by atoms with van der Waals surface area (Å²) < 4.78 is 30.2. The van der Waals surface area contributed by atoms with Gasteiger partial charge in [0.1, 0.15) is 17.2 Å². The summed E-state index contributed by atoms with van der Waals surface area (Å²) in [4.78, 5) is 20.9. The molecule has 3 aliphatic heterocycles. The Labute approximate surface area is 199 Å². The van der Waals surface area contributed by atoms with E-state index in [9.17, 15) is 9.18 Å². The number of ether oxygens (including phenoxy) is 3. The van der Waals surface area contributed by atoms with Crippen LogP contribution in [0.4, 0.5) is 9.18 Å². The molecule has 1 saturated heterocycles. The maximum Gasteiger partial charge on any atom is 0.410 e. The van der Waals surface area contributed by atoms with Crippen LogP contribution in [-0.4, -0.2) is 73.0 Å². The summed E-state index contributed by atoms with van der Waals surface area (Å²) in [6.45, 7) is 9.30. The van der Waals surface area contributed by atoms with E-state index in [4.69, 9.17) is 14.2 Å². The standard InChI is InChI=1S/C21H29FN4O4.HI/c1-21(2,3)30-20(27)25-6-7-26-17(11-25)10-24-19(26)23-5-4-14-8-16(22)9-15-12-28-13-29-18(14)15;/h8-9,17H,4-7,10-13H2,1-3H3,(H,23,24);1H. The van der Waals surface area contributed by atoms with E-state index in [0.717, 1.165) is 22.8 Å². The van der Waals surface area contributed by atoms with Gasteiger partial charge in [0.2, 0.25) is 0 Å². The Morgan fingerprint density at radius 1 is 1.35 bits per heavy atom. The van der Waals surface area contributed by atoms with Gasteiger partial charge in [0.25, 0.3) is 0 Å². The largest absolute Gasteiger partial charge is 0.467 e. The second kappa shape index (κ2) is 9.76. The third-order valence-corrected chi connectivity index (χ3v) is 5.29. The second-order valence-corrected chi connectivity index (χ2v) is 8.78. The van der Waals surface area contributed by atoms with Crippen molar-refractivity contribution in [1.82, 2.24) is 15.1 Å². The number of halogens is 2. The van der Waals surface area contributed by atoms with Gasteiger partial charge in [0, 0.05) is 31.7 Å². The minimum atomic E-state index is -0.501. The predicted molar refractivity (Wildman–Crippen MR) is 124 cm³/mol. The average Bonchev–Trinajstić information content (AvgIpc) is 3.09. The van der Waals surface area contributed by atoms with Crippen LogP contribution >= 0.6 is 24.0 Å². The molecule has 0 bridgehead atoms. The van der Waals surface area contributed by atoms with Gasteiger partial charge in [0.05, 0.1) is 19.2 Å². The van der Waals surface area contributed by atoms with Gasteiger partial charge in [0.15, 0.2) is 12.8 Å². The van der Waals surface area contributed by atoms with Crippen LogP contribution in [0.15, 0.2) is 17.1 Å². The topological polar surface area (TPSA) is 75.6 Å². The molecule has 1 aromatic rings. The zero-order chi connectivity index (χ0) is 21.3. The van der Waals surface area contributed by atoms with E-state index >= 15 is 0 Å². The molecule has 31 heavy (non-hydrogen) atoms. The first-order valence-corrected chi connectivity index (χ1v) is 10.3. The number of benzene rings is 1. The van der Waals surface area contributed by atoms with E-state index < -0.39 is 5.60 Å². The van der Waals surface area contributed by atoms with Gasteiger partial charge in [-0.25, -0.2) is 9.18 Å². The van der Waals surface area contributed by atoms with E-state index in [-0.39, 0.29) is 48.7 Å². The van der Waals surface area contributed by atoms with E-state index in [2.05, 4.69) is 15.2 Å². The molecule has 0 aliphatic carbocycles. The fourth-order valence-corrected chi connectivity index (χ4v) is 3.97. The molecule has 3 aliphatic rings. The number of hydrogen-bond acceptors (Lipinski definition) is 7. The van der Waals surface area contributed by atoms with Crippen molar-refractivity contribution in [2.24, 2.45) is 4.99 Å². The minimum absolute atomic E-state index is 0. The van der Waals surface area contributed by atoms with Crippen molar-refractivity contribution in [3.63, 3.8) is 0 Å². The van der Waals surface area contributed by atoms with E-state index in [0.29, 0.717) is 45.8 Å². The van der Waals surface area contributed by atoms with Gasteiger partial charge in [-0.2, -0.15) is 0 Å². The highest BCUT2D eigenvalue weighted by molar-refractivity contribution is 14.0. The van der Waals surface area contributed by atoms with Crippen LogP contribution in [-0.2, 0) is 22.5 Å². The van der Waals surface area contributed by atoms with Gasteiger partial charge in [-0.1, -0.05) is 0 Å². The Morgan fingerprint density at radius 2 is 2.16 bits per heavy atom. The van der Waals surface area contributed by atoms with E-state index in [1.165, 1.54) is 12.1 Å². The van der Waals surface area contributed by atoms with Crippen LogP contribution in [0.5, 0.6) is 5.75 Å². The SMILES string of the molecule is CC(C)(C)OC(=O)N1CCN2C(NCCc3cc(F)cc4c3OCOC4)=NCC2C1.I. The van der Waals surface area contributed by atoms with Crippen LogP contribution in [0.3, 0.4) is 0 Å². The Bertz CT molecular complexity index is 845. The third-order valence-electron chi connectivity index (χ3n) is 5.29. The molecule has 8 nitrogen and oxygen atoms in total. The molecule has 0 saturated carbocycles. The Balaban J connectivity index is 0.00000272. The van der Waals surface area contributed by atoms with Crippen LogP contribution < -0.4 is 10.1 Å². The molecular weight excluding hydrogens is 518 g/mol. The maximum absolute atomic E-state index is 13.9. The Morgan fingerprint density at radius 3 is 2.94 bits per heavy atom. The molecule has 3 heterocycles. The molecule has 0 aromatic heterocycles. The third kappa shape index (κ3) is 5.71. The summed E-state index contributed by atoms with van der Waals surface area (Å²) in [5.41, 5.74) is 1.07. The van der Waals surface area contributed by atoms with Gasteiger partial charge in [-0.3, -0.25) is 4.99 Å². The fourth-order valence-electron chi connectivity index (χ4n) is 3.97. The molecule has 0 spiro atoms. The summed E-state index contributed by atoms with van der Waals surface area (Å²) >= 11 is 0. The lowest BCUT2D eigenvalue weighted by Gasteiger charge is -2.39. The number of piperazine rings is 1. The lowest BCUT2D eigenvalue weighted by Crippen LogP contribution is -2.57. The normalized spacial score (nSPS) is 20.1. The van der Waals surface area contributed by atoms with Crippen LogP contribution in [0, 0.1) is 5.82 Å². The summed E-state index contributed by atoms with van der Waals surface area (Å²) in [5.74, 6) is 1.27. The first kappa shape index (κ1) is 23.8. The number of carbonyl (C=O) groups is 1. The van der Waals surface area contributed by atoms with Crippen molar-refractivity contribution in [2.75, 3.05) is 39.5 Å². The molecule has 1 aromatic carbocycles. The minimum Gasteiger partial charge on any atom is -0.467 e. The number of carbonyl (C=O) groups excluding carboxylic acids is 1. The molecule has 1 amide bonds. The molecular formula is C21H30FIN4O4. The summed E-state index contributed by atoms with van der Waals surface area (Å²) in [6.07, 6.45) is 0.338. The quantitative estimate of drug-likeness (QED) is 0.586. The molecule has 4 rings (SSSR count). The number of fused-ring (bicyclic) bond motifs is 2. The van der Waals surface area contributed by atoms with Crippen molar-refractivity contribution in [1.29, 1.82) is 0 Å². The molecule has 1 fully saturated rings. The van der Waals surface area contributed by atoms with Gasteiger partial charge in [-0.15, -0.1) is 24.0 Å². The summed E-state index contributed by atoms with van der Waals surface area (Å²) in [7, 11) is 0. The number of nitrogens with zero attached hydrogens (tertiary/aromatic N) is 3. The zero-order valence-electron chi connectivity index (χ0n) is 18.1. The highest BCUT2D eigenvalue weighted by atomic mass is 127. The molecule has 1 unspecified atom stereocenters. The van der Waals surface area contributed by atoms with Gasteiger partial charge in [-0.05, 0) is 44.9 Å². The molecule has 172 valence electrons. The number of rotatable bonds is 3. The lowest BCUT2D eigenvalue weighted by molar-refractivity contribution is -0.0172. The number of hydrogen-bond donors (Lipinski definition) is 1. The number of guanidine groups is 1. The average molecular weight is 548 g/mol. The summed E-state index contributed by atoms with van der Waals surface area (Å²) in [5, 5.41) is 3.37. The smallest absolute Gasteiger partial charge is 0.410 e. The lowest BCUT2D eigenvalue weighted by atomic mass is 10.1. The molecule has 1 atom stereocenters. The first-order valence-electron chi connectivity index (χ1n) is 10.3. The molecule has 1 N–H and O–H groups in total. The maximum atomic E-state index is 13.9. The Kier molecular flexibility index (Phi) is 7.51. The number of aliphatic imine (C=N–C) groups is 1. The fraction of sp³-hybridized carbons (Fsp3) is 0.619. The molecule has 0 radical (unpaired) electrons. The van der Waals surface area contributed by atoms with E-state index in [1.807, 2.05) is 20.8 Å².